The Morgan fingerprint density at radius 3 is 2.43 bits per heavy atom. The lowest BCUT2D eigenvalue weighted by atomic mass is 9.93. The fraction of sp³-hybridized carbons (Fsp3) is 0.722. The molecule has 0 atom stereocenters. The van der Waals surface area contributed by atoms with Crippen LogP contribution in [0.25, 0.3) is 0 Å². The second kappa shape index (κ2) is 10.2. The first-order chi connectivity index (χ1) is 13.1. The molecular formula is C18H32F2N6O2. The number of aromatic nitrogens is 2. The summed E-state index contributed by atoms with van der Waals surface area (Å²) in [7, 11) is 1.58. The quantitative estimate of drug-likeness (QED) is 0.459. The molecule has 0 aliphatic heterocycles. The van der Waals surface area contributed by atoms with Crippen molar-refractivity contribution in [2.45, 2.75) is 71.7 Å². The van der Waals surface area contributed by atoms with Crippen LogP contribution in [0.1, 0.15) is 59.8 Å². The summed E-state index contributed by atoms with van der Waals surface area (Å²) in [6.07, 6.45) is 3.40. The fourth-order valence-corrected chi connectivity index (χ4v) is 2.54. The van der Waals surface area contributed by atoms with E-state index >= 15 is 0 Å². The number of guanidine groups is 1. The number of imidazole rings is 1. The molecule has 1 rings (SSSR count). The van der Waals surface area contributed by atoms with E-state index in [1.807, 2.05) is 13.8 Å². The van der Waals surface area contributed by atoms with Gasteiger partial charge in [0.15, 0.2) is 5.96 Å². The lowest BCUT2D eigenvalue weighted by Gasteiger charge is -2.34. The maximum atomic E-state index is 12.9. The summed E-state index contributed by atoms with van der Waals surface area (Å²) in [6.45, 7) is 7.18. The van der Waals surface area contributed by atoms with Crippen LogP contribution in [0.15, 0.2) is 17.4 Å². The Balaban J connectivity index is 2.69. The zero-order valence-electron chi connectivity index (χ0n) is 17.5. The third-order valence-corrected chi connectivity index (χ3v) is 4.31. The third-order valence-electron chi connectivity index (χ3n) is 4.31. The highest BCUT2D eigenvalue weighted by atomic mass is 19.3. The number of rotatable bonds is 8. The van der Waals surface area contributed by atoms with Gasteiger partial charge in [0.25, 0.3) is 0 Å². The van der Waals surface area contributed by atoms with Crippen molar-refractivity contribution in [1.29, 1.82) is 0 Å². The number of amides is 1. The molecule has 0 aliphatic rings. The third kappa shape index (κ3) is 7.32. The summed E-state index contributed by atoms with van der Waals surface area (Å²) in [4.78, 5) is 20.2. The van der Waals surface area contributed by atoms with Crippen molar-refractivity contribution >= 4 is 12.1 Å². The first kappa shape index (κ1) is 23.6. The Morgan fingerprint density at radius 2 is 1.93 bits per heavy atom. The number of ether oxygens (including phenoxy) is 1. The van der Waals surface area contributed by atoms with Gasteiger partial charge in [-0.3, -0.25) is 9.56 Å². The number of hydrogen-bond acceptors (Lipinski definition) is 4. The Hall–Kier alpha value is -2.39. The number of nitrogens with one attached hydrogen (secondary N) is 3. The van der Waals surface area contributed by atoms with Gasteiger partial charge in [-0.15, -0.1) is 0 Å². The van der Waals surface area contributed by atoms with Crippen molar-refractivity contribution in [2.24, 2.45) is 4.99 Å². The van der Waals surface area contributed by atoms with Gasteiger partial charge < -0.3 is 20.7 Å². The van der Waals surface area contributed by atoms with Crippen molar-refractivity contribution in [3.63, 3.8) is 0 Å². The van der Waals surface area contributed by atoms with Gasteiger partial charge in [0.05, 0.1) is 12.1 Å². The number of nitrogens with zero attached hydrogens (tertiary/aromatic N) is 3. The Labute approximate surface area is 165 Å². The Morgan fingerprint density at radius 1 is 1.29 bits per heavy atom. The molecule has 28 heavy (non-hydrogen) atoms. The maximum Gasteiger partial charge on any atom is 0.408 e. The lowest BCUT2D eigenvalue weighted by molar-refractivity contribution is 0.0448. The molecule has 160 valence electrons. The SMILES string of the molecule is CCC(CC)(CNC(=NC)NCc1nccn1C(F)F)NC(=O)OC(C)(C)C. The zero-order chi connectivity index (χ0) is 21.4. The molecule has 1 amide bonds. The van der Waals surface area contributed by atoms with Crippen LogP contribution in [-0.4, -0.2) is 46.3 Å². The molecule has 0 aromatic carbocycles. The molecule has 8 nitrogen and oxygen atoms in total. The van der Waals surface area contributed by atoms with Gasteiger partial charge in [-0.05, 0) is 33.6 Å². The van der Waals surface area contributed by atoms with Crippen LogP contribution in [0.3, 0.4) is 0 Å². The van der Waals surface area contributed by atoms with E-state index in [1.165, 1.54) is 12.4 Å². The van der Waals surface area contributed by atoms with Gasteiger partial charge in [-0.25, -0.2) is 9.78 Å². The molecule has 0 spiro atoms. The Kier molecular flexibility index (Phi) is 8.64. The van der Waals surface area contributed by atoms with Crippen molar-refractivity contribution in [3.8, 4) is 0 Å². The molecule has 1 aromatic rings. The molecular weight excluding hydrogens is 370 g/mol. The number of aliphatic imine (C=N–C) groups is 1. The summed E-state index contributed by atoms with van der Waals surface area (Å²) in [5, 5.41) is 9.03. The summed E-state index contributed by atoms with van der Waals surface area (Å²) < 4.78 is 31.9. The minimum absolute atomic E-state index is 0.0851. The molecule has 1 aromatic heterocycles. The van der Waals surface area contributed by atoms with Gasteiger partial charge in [-0.1, -0.05) is 13.8 Å². The summed E-state index contributed by atoms with van der Waals surface area (Å²) in [5.41, 5.74) is -1.13. The van der Waals surface area contributed by atoms with E-state index in [9.17, 15) is 13.6 Å². The van der Waals surface area contributed by atoms with Gasteiger partial charge >= 0.3 is 12.6 Å². The standard InChI is InChI=1S/C18H32F2N6O2/c1-7-18(8-2,25-16(27)28-17(3,4)5)12-24-15(21-6)23-11-13-22-9-10-26(13)14(19)20/h9-10,14H,7-8,11-12H2,1-6H3,(H,25,27)(H2,21,23,24). The number of alkyl halides is 2. The van der Waals surface area contributed by atoms with Crippen LogP contribution >= 0.6 is 0 Å². The molecule has 10 heteroatoms. The van der Waals surface area contributed by atoms with Crippen molar-refractivity contribution in [3.05, 3.63) is 18.2 Å². The first-order valence-electron chi connectivity index (χ1n) is 9.31. The highest BCUT2D eigenvalue weighted by Crippen LogP contribution is 2.16. The topological polar surface area (TPSA) is 92.6 Å². The fourth-order valence-electron chi connectivity index (χ4n) is 2.54. The van der Waals surface area contributed by atoms with Crippen molar-refractivity contribution in [2.75, 3.05) is 13.6 Å². The molecule has 0 fully saturated rings. The number of carbonyl (C=O) groups excluding carboxylic acids is 1. The summed E-state index contributed by atoms with van der Waals surface area (Å²) in [5.74, 6) is 0.614. The molecule has 0 saturated carbocycles. The summed E-state index contributed by atoms with van der Waals surface area (Å²) >= 11 is 0. The smallest absolute Gasteiger partial charge is 0.408 e. The van der Waals surface area contributed by atoms with E-state index in [2.05, 4.69) is 25.9 Å². The minimum atomic E-state index is -2.65. The highest BCUT2D eigenvalue weighted by Gasteiger charge is 2.30. The van der Waals surface area contributed by atoms with Crippen LogP contribution in [0.2, 0.25) is 0 Å². The van der Waals surface area contributed by atoms with Crippen molar-refractivity contribution < 1.29 is 18.3 Å². The second-order valence-corrected chi connectivity index (χ2v) is 7.42. The van der Waals surface area contributed by atoms with Gasteiger partial charge in [0, 0.05) is 26.0 Å². The minimum Gasteiger partial charge on any atom is -0.444 e. The van der Waals surface area contributed by atoms with Crippen LogP contribution in [0, 0.1) is 0 Å². The molecule has 0 saturated heterocycles. The van der Waals surface area contributed by atoms with Gasteiger partial charge in [0.2, 0.25) is 0 Å². The number of hydrogen-bond donors (Lipinski definition) is 3. The van der Waals surface area contributed by atoms with E-state index in [0.717, 1.165) is 4.57 Å². The Bertz CT molecular complexity index is 651. The van der Waals surface area contributed by atoms with E-state index in [4.69, 9.17) is 4.74 Å². The lowest BCUT2D eigenvalue weighted by Crippen LogP contribution is -2.57. The molecule has 0 unspecified atom stereocenters. The second-order valence-electron chi connectivity index (χ2n) is 7.42. The number of halogens is 2. The van der Waals surface area contributed by atoms with Crippen LogP contribution in [0.4, 0.5) is 13.6 Å². The normalized spacial score (nSPS) is 12.8. The van der Waals surface area contributed by atoms with Crippen LogP contribution in [0.5, 0.6) is 0 Å². The van der Waals surface area contributed by atoms with Crippen LogP contribution in [-0.2, 0) is 11.3 Å². The number of alkyl carbamates (subject to hydrolysis) is 1. The summed E-state index contributed by atoms with van der Waals surface area (Å²) in [6, 6.07) is 0. The molecule has 0 aliphatic carbocycles. The molecule has 1 heterocycles. The van der Waals surface area contributed by atoms with Crippen LogP contribution < -0.4 is 16.0 Å². The maximum absolute atomic E-state index is 12.9. The predicted octanol–water partition coefficient (Wildman–Crippen LogP) is 3.03. The average molecular weight is 402 g/mol. The van der Waals surface area contributed by atoms with E-state index in [-0.39, 0.29) is 12.4 Å². The van der Waals surface area contributed by atoms with Gasteiger partial charge in [-0.2, -0.15) is 8.78 Å². The molecule has 0 bridgehead atoms. The molecule has 0 radical (unpaired) electrons. The largest absolute Gasteiger partial charge is 0.444 e. The predicted molar refractivity (Wildman–Crippen MR) is 104 cm³/mol. The van der Waals surface area contributed by atoms with E-state index in [0.29, 0.717) is 25.3 Å². The van der Waals surface area contributed by atoms with E-state index < -0.39 is 23.8 Å². The monoisotopic (exact) mass is 402 g/mol. The van der Waals surface area contributed by atoms with E-state index in [1.54, 1.807) is 27.8 Å². The first-order valence-corrected chi connectivity index (χ1v) is 9.31. The van der Waals surface area contributed by atoms with Crippen molar-refractivity contribution in [1.82, 2.24) is 25.5 Å². The highest BCUT2D eigenvalue weighted by molar-refractivity contribution is 5.79. The number of carbonyl (C=O) groups is 1. The van der Waals surface area contributed by atoms with Gasteiger partial charge in [0.1, 0.15) is 11.4 Å². The average Bonchev–Trinajstić information content (AvgIpc) is 3.08. The molecule has 3 N–H and O–H groups in total. The zero-order valence-corrected chi connectivity index (χ0v) is 17.5.